The van der Waals surface area contributed by atoms with Crippen LogP contribution in [0.4, 0.5) is 0 Å². The molecule has 0 amide bonds. The first kappa shape index (κ1) is 15.1. The average molecular weight is 274 g/mol. The molecule has 1 heterocycles. The van der Waals surface area contributed by atoms with Gasteiger partial charge in [0, 0.05) is 5.39 Å². The third-order valence-electron chi connectivity index (χ3n) is 4.04. The first-order valence-electron chi connectivity index (χ1n) is 7.66. The number of hydrogen-bond donors (Lipinski definition) is 2. The van der Waals surface area contributed by atoms with Crippen molar-refractivity contribution in [1.82, 2.24) is 5.43 Å². The van der Waals surface area contributed by atoms with Gasteiger partial charge < -0.3 is 4.42 Å². The Balaban J connectivity index is 2.34. The van der Waals surface area contributed by atoms with E-state index >= 15 is 0 Å². The Bertz CT molecular complexity index is 541. The molecule has 1 atom stereocenters. The summed E-state index contributed by atoms with van der Waals surface area (Å²) in [7, 11) is 0. The Kier molecular flexibility index (Phi) is 5.21. The SMILES string of the molecule is CCCC(CCC)C(NN)c1cc2cccc(C)c2o1. The van der Waals surface area contributed by atoms with Gasteiger partial charge in [0.1, 0.15) is 11.3 Å². The largest absolute Gasteiger partial charge is 0.459 e. The summed E-state index contributed by atoms with van der Waals surface area (Å²) in [5.74, 6) is 7.30. The van der Waals surface area contributed by atoms with E-state index in [-0.39, 0.29) is 6.04 Å². The van der Waals surface area contributed by atoms with Gasteiger partial charge in [-0.1, -0.05) is 44.9 Å². The lowest BCUT2D eigenvalue weighted by molar-refractivity contribution is 0.284. The van der Waals surface area contributed by atoms with Gasteiger partial charge >= 0.3 is 0 Å². The molecule has 2 rings (SSSR count). The highest BCUT2D eigenvalue weighted by molar-refractivity contribution is 5.81. The van der Waals surface area contributed by atoms with Crippen LogP contribution in [0.3, 0.4) is 0 Å². The second kappa shape index (κ2) is 6.91. The molecule has 1 aromatic carbocycles. The van der Waals surface area contributed by atoms with E-state index in [1.807, 2.05) is 0 Å². The topological polar surface area (TPSA) is 51.2 Å². The normalized spacial score (nSPS) is 13.2. The molecule has 0 fully saturated rings. The minimum atomic E-state index is 0.0988. The zero-order chi connectivity index (χ0) is 14.5. The zero-order valence-electron chi connectivity index (χ0n) is 12.8. The second-order valence-corrected chi connectivity index (χ2v) is 5.62. The van der Waals surface area contributed by atoms with Gasteiger partial charge in [-0.3, -0.25) is 5.84 Å². The Morgan fingerprint density at radius 1 is 1.20 bits per heavy atom. The second-order valence-electron chi connectivity index (χ2n) is 5.62. The van der Waals surface area contributed by atoms with Crippen LogP contribution in [0.5, 0.6) is 0 Å². The Hall–Kier alpha value is -1.32. The lowest BCUT2D eigenvalue weighted by Gasteiger charge is -2.24. The molecule has 2 aromatic rings. The van der Waals surface area contributed by atoms with Crippen LogP contribution in [-0.4, -0.2) is 0 Å². The van der Waals surface area contributed by atoms with Crippen LogP contribution in [0, 0.1) is 12.8 Å². The van der Waals surface area contributed by atoms with Crippen molar-refractivity contribution < 1.29 is 4.42 Å². The van der Waals surface area contributed by atoms with Crippen molar-refractivity contribution >= 4 is 11.0 Å². The summed E-state index contributed by atoms with van der Waals surface area (Å²) < 4.78 is 6.08. The number of nitrogens with one attached hydrogen (secondary N) is 1. The Labute approximate surface area is 121 Å². The molecule has 0 saturated carbocycles. The van der Waals surface area contributed by atoms with Gasteiger partial charge in [0.25, 0.3) is 0 Å². The molecule has 0 radical (unpaired) electrons. The zero-order valence-corrected chi connectivity index (χ0v) is 12.8. The predicted octanol–water partition coefficient (Wildman–Crippen LogP) is 4.46. The number of hydrazine groups is 1. The molecule has 110 valence electrons. The number of rotatable bonds is 7. The van der Waals surface area contributed by atoms with E-state index in [2.05, 4.69) is 50.5 Å². The van der Waals surface area contributed by atoms with E-state index in [1.54, 1.807) is 0 Å². The van der Waals surface area contributed by atoms with E-state index in [4.69, 9.17) is 10.3 Å². The van der Waals surface area contributed by atoms with Gasteiger partial charge in [-0.05, 0) is 37.3 Å². The molecular weight excluding hydrogens is 248 g/mol. The summed E-state index contributed by atoms with van der Waals surface area (Å²) in [6, 6.07) is 8.47. The van der Waals surface area contributed by atoms with Crippen LogP contribution < -0.4 is 11.3 Å². The highest BCUT2D eigenvalue weighted by atomic mass is 16.3. The average Bonchev–Trinajstić information content (AvgIpc) is 2.85. The molecule has 3 nitrogen and oxygen atoms in total. The molecule has 0 spiro atoms. The van der Waals surface area contributed by atoms with Crippen molar-refractivity contribution in [3.05, 3.63) is 35.6 Å². The molecule has 1 unspecified atom stereocenters. The van der Waals surface area contributed by atoms with E-state index in [9.17, 15) is 0 Å². The number of fused-ring (bicyclic) bond motifs is 1. The number of hydrogen-bond acceptors (Lipinski definition) is 3. The number of benzene rings is 1. The maximum atomic E-state index is 6.08. The van der Waals surface area contributed by atoms with Crippen LogP contribution in [-0.2, 0) is 0 Å². The monoisotopic (exact) mass is 274 g/mol. The van der Waals surface area contributed by atoms with Crippen LogP contribution in [0.2, 0.25) is 0 Å². The third-order valence-corrected chi connectivity index (χ3v) is 4.04. The summed E-state index contributed by atoms with van der Waals surface area (Å²) in [5, 5.41) is 1.16. The van der Waals surface area contributed by atoms with Crippen LogP contribution in [0.25, 0.3) is 11.0 Å². The highest BCUT2D eigenvalue weighted by Crippen LogP contribution is 2.33. The molecule has 20 heavy (non-hydrogen) atoms. The van der Waals surface area contributed by atoms with E-state index < -0.39 is 0 Å². The Morgan fingerprint density at radius 3 is 2.45 bits per heavy atom. The van der Waals surface area contributed by atoms with Gasteiger partial charge in [-0.2, -0.15) is 0 Å². The molecule has 1 aromatic heterocycles. The summed E-state index contributed by atoms with van der Waals surface area (Å²) in [5.41, 5.74) is 5.13. The fourth-order valence-electron chi connectivity index (χ4n) is 3.05. The number of aryl methyl sites for hydroxylation is 1. The van der Waals surface area contributed by atoms with Crippen LogP contribution in [0.1, 0.15) is 56.9 Å². The van der Waals surface area contributed by atoms with Crippen LogP contribution >= 0.6 is 0 Å². The van der Waals surface area contributed by atoms with E-state index in [0.717, 1.165) is 16.7 Å². The smallest absolute Gasteiger partial charge is 0.137 e. The maximum absolute atomic E-state index is 6.08. The molecule has 3 N–H and O–H groups in total. The van der Waals surface area contributed by atoms with Crippen molar-refractivity contribution in [2.45, 2.75) is 52.5 Å². The number of furan rings is 1. The fourth-order valence-corrected chi connectivity index (χ4v) is 3.05. The standard InChI is InChI=1S/C17H26N2O/c1-4-7-13(8-5-2)16(19-18)15-11-14-10-6-9-12(3)17(14)20-15/h6,9-11,13,16,19H,4-5,7-8,18H2,1-3H3. The van der Waals surface area contributed by atoms with Gasteiger partial charge in [0.05, 0.1) is 6.04 Å². The maximum Gasteiger partial charge on any atom is 0.137 e. The van der Waals surface area contributed by atoms with Crippen molar-refractivity contribution in [3.63, 3.8) is 0 Å². The molecule has 0 aliphatic rings. The molecular formula is C17H26N2O. The molecule has 3 heteroatoms. The van der Waals surface area contributed by atoms with Gasteiger partial charge in [0.2, 0.25) is 0 Å². The number of para-hydroxylation sites is 1. The van der Waals surface area contributed by atoms with Crippen molar-refractivity contribution in [1.29, 1.82) is 0 Å². The lowest BCUT2D eigenvalue weighted by atomic mass is 9.89. The quantitative estimate of drug-likeness (QED) is 0.579. The fraction of sp³-hybridized carbons (Fsp3) is 0.529. The van der Waals surface area contributed by atoms with Crippen molar-refractivity contribution in [2.24, 2.45) is 11.8 Å². The minimum absolute atomic E-state index is 0.0988. The summed E-state index contributed by atoms with van der Waals surface area (Å²) in [6.45, 7) is 6.52. The summed E-state index contributed by atoms with van der Waals surface area (Å²) in [4.78, 5) is 0. The first-order valence-corrected chi connectivity index (χ1v) is 7.66. The molecule has 0 saturated heterocycles. The first-order chi connectivity index (χ1) is 9.71. The third kappa shape index (κ3) is 3.05. The van der Waals surface area contributed by atoms with E-state index in [0.29, 0.717) is 5.92 Å². The minimum Gasteiger partial charge on any atom is -0.459 e. The molecule has 0 bridgehead atoms. The van der Waals surface area contributed by atoms with Gasteiger partial charge in [-0.25, -0.2) is 5.43 Å². The van der Waals surface area contributed by atoms with Crippen LogP contribution in [0.15, 0.2) is 28.7 Å². The van der Waals surface area contributed by atoms with Crippen molar-refractivity contribution in [3.8, 4) is 0 Å². The van der Waals surface area contributed by atoms with Gasteiger partial charge in [0.15, 0.2) is 0 Å². The molecule has 0 aliphatic carbocycles. The molecule has 0 aliphatic heterocycles. The number of nitrogens with two attached hydrogens (primary N) is 1. The van der Waals surface area contributed by atoms with Crippen molar-refractivity contribution in [2.75, 3.05) is 0 Å². The van der Waals surface area contributed by atoms with E-state index in [1.165, 1.54) is 31.2 Å². The van der Waals surface area contributed by atoms with Gasteiger partial charge in [-0.15, -0.1) is 0 Å². The Morgan fingerprint density at radius 2 is 1.90 bits per heavy atom. The predicted molar refractivity (Wildman–Crippen MR) is 84.3 cm³/mol. The highest BCUT2D eigenvalue weighted by Gasteiger charge is 2.24. The lowest BCUT2D eigenvalue weighted by Crippen LogP contribution is -2.33. The summed E-state index contributed by atoms with van der Waals surface area (Å²) in [6.07, 6.45) is 4.67. The summed E-state index contributed by atoms with van der Waals surface area (Å²) >= 11 is 0.